The van der Waals surface area contributed by atoms with Crippen molar-refractivity contribution in [2.45, 2.75) is 19.4 Å². The predicted molar refractivity (Wildman–Crippen MR) is 72.1 cm³/mol. The number of ketones is 2. The van der Waals surface area contributed by atoms with Crippen molar-refractivity contribution in [1.29, 1.82) is 0 Å². The van der Waals surface area contributed by atoms with E-state index in [1.54, 1.807) is 24.3 Å². The summed E-state index contributed by atoms with van der Waals surface area (Å²) < 4.78 is 15.0. The van der Waals surface area contributed by atoms with E-state index in [-0.39, 0.29) is 18.4 Å². The van der Waals surface area contributed by atoms with Gasteiger partial charge < -0.3 is 14.2 Å². The second-order valence-corrected chi connectivity index (χ2v) is 4.08. The third-order valence-electron chi connectivity index (χ3n) is 2.56. The van der Waals surface area contributed by atoms with Gasteiger partial charge in [0.25, 0.3) is 0 Å². The molecule has 20 heavy (non-hydrogen) atoms. The van der Waals surface area contributed by atoms with Gasteiger partial charge in [-0.1, -0.05) is 30.3 Å². The fourth-order valence-corrected chi connectivity index (χ4v) is 1.58. The predicted octanol–water partition coefficient (Wildman–Crippen LogP) is 0.967. The Hall–Kier alpha value is -1.60. The van der Waals surface area contributed by atoms with Gasteiger partial charge in [0.2, 0.25) is 5.78 Å². The van der Waals surface area contributed by atoms with E-state index in [0.29, 0.717) is 5.56 Å². The number of hydrogen-bond donors (Lipinski definition) is 1. The van der Waals surface area contributed by atoms with Crippen LogP contribution in [0.1, 0.15) is 17.3 Å². The van der Waals surface area contributed by atoms with E-state index in [1.807, 2.05) is 6.07 Å². The molecule has 0 amide bonds. The molecule has 1 aromatic rings. The summed E-state index contributed by atoms with van der Waals surface area (Å²) in [6.45, 7) is 1.28. The van der Waals surface area contributed by atoms with Crippen LogP contribution in [-0.2, 0) is 19.0 Å². The molecule has 1 aromatic carbocycles. The molecule has 0 saturated heterocycles. The highest BCUT2D eigenvalue weighted by Crippen LogP contribution is 2.06. The van der Waals surface area contributed by atoms with Gasteiger partial charge in [-0.3, -0.25) is 14.9 Å². The standard InChI is InChI=1S/C14H19NO5/c1-10(16)13(19-3)15-14(20-9-18-2)12(17)11-7-5-4-6-8-11/h4-8,13-15H,9H2,1-3H3. The van der Waals surface area contributed by atoms with Crippen molar-refractivity contribution in [1.82, 2.24) is 5.32 Å². The monoisotopic (exact) mass is 281 g/mol. The third kappa shape index (κ3) is 4.82. The average molecular weight is 281 g/mol. The molecule has 2 unspecified atom stereocenters. The molecule has 1 N–H and O–H groups in total. The highest BCUT2D eigenvalue weighted by molar-refractivity contribution is 5.99. The molecule has 0 spiro atoms. The maximum Gasteiger partial charge on any atom is 0.206 e. The molecule has 2 atom stereocenters. The van der Waals surface area contributed by atoms with Crippen LogP contribution in [0.2, 0.25) is 0 Å². The van der Waals surface area contributed by atoms with Gasteiger partial charge in [0.1, 0.15) is 6.79 Å². The van der Waals surface area contributed by atoms with Crippen molar-refractivity contribution in [3.05, 3.63) is 35.9 Å². The fraction of sp³-hybridized carbons (Fsp3) is 0.429. The molecule has 6 nitrogen and oxygen atoms in total. The van der Waals surface area contributed by atoms with Gasteiger partial charge in [-0.05, 0) is 6.92 Å². The molecule has 0 aromatic heterocycles. The van der Waals surface area contributed by atoms with E-state index < -0.39 is 12.5 Å². The summed E-state index contributed by atoms with van der Waals surface area (Å²) in [5.74, 6) is -0.551. The molecule has 0 bridgehead atoms. The highest BCUT2D eigenvalue weighted by atomic mass is 16.7. The summed E-state index contributed by atoms with van der Waals surface area (Å²) in [5, 5.41) is 2.71. The second-order valence-electron chi connectivity index (χ2n) is 4.08. The van der Waals surface area contributed by atoms with Crippen LogP contribution in [0, 0.1) is 0 Å². The second kappa shape index (κ2) is 8.55. The zero-order valence-corrected chi connectivity index (χ0v) is 11.8. The number of methoxy groups -OCH3 is 2. The van der Waals surface area contributed by atoms with Crippen molar-refractivity contribution in [3.8, 4) is 0 Å². The lowest BCUT2D eigenvalue weighted by Crippen LogP contribution is -2.49. The number of ether oxygens (including phenoxy) is 3. The molecule has 0 saturated carbocycles. The summed E-state index contributed by atoms with van der Waals surface area (Å²) >= 11 is 0. The summed E-state index contributed by atoms with van der Waals surface area (Å²) in [5.41, 5.74) is 0.472. The minimum Gasteiger partial charge on any atom is -0.359 e. The number of nitrogens with one attached hydrogen (secondary N) is 1. The topological polar surface area (TPSA) is 73.9 Å². The first-order valence-corrected chi connectivity index (χ1v) is 6.09. The molecule has 0 fully saturated rings. The van der Waals surface area contributed by atoms with Gasteiger partial charge in [-0.2, -0.15) is 0 Å². The maximum atomic E-state index is 12.3. The van der Waals surface area contributed by atoms with E-state index in [2.05, 4.69) is 5.32 Å². The van der Waals surface area contributed by atoms with Crippen LogP contribution in [0.5, 0.6) is 0 Å². The molecule has 1 rings (SSSR count). The van der Waals surface area contributed by atoms with Crippen molar-refractivity contribution < 1.29 is 23.8 Å². The average Bonchev–Trinajstić information content (AvgIpc) is 2.47. The van der Waals surface area contributed by atoms with Crippen LogP contribution in [0.25, 0.3) is 0 Å². The van der Waals surface area contributed by atoms with Crippen molar-refractivity contribution >= 4 is 11.6 Å². The third-order valence-corrected chi connectivity index (χ3v) is 2.56. The summed E-state index contributed by atoms with van der Waals surface area (Å²) in [6, 6.07) is 8.65. The number of hydrogen-bond acceptors (Lipinski definition) is 6. The van der Waals surface area contributed by atoms with Gasteiger partial charge in [-0.15, -0.1) is 0 Å². The normalized spacial score (nSPS) is 13.8. The minimum absolute atomic E-state index is 0.0788. The zero-order valence-electron chi connectivity index (χ0n) is 11.8. The van der Waals surface area contributed by atoms with Gasteiger partial charge >= 0.3 is 0 Å². The molecule has 0 radical (unpaired) electrons. The fourth-order valence-electron chi connectivity index (χ4n) is 1.58. The lowest BCUT2D eigenvalue weighted by molar-refractivity contribution is -0.134. The lowest BCUT2D eigenvalue weighted by Gasteiger charge is -2.22. The SMILES string of the molecule is COCOC(NC(OC)C(C)=O)C(=O)c1ccccc1. The number of Topliss-reactive ketones (excluding diaryl/α,β-unsaturated/α-hetero) is 2. The number of rotatable bonds is 9. The van der Waals surface area contributed by atoms with Gasteiger partial charge in [0, 0.05) is 19.8 Å². The minimum atomic E-state index is -1.02. The molecule has 0 aliphatic rings. The van der Waals surface area contributed by atoms with Crippen molar-refractivity contribution in [2.75, 3.05) is 21.0 Å². The smallest absolute Gasteiger partial charge is 0.206 e. The van der Waals surface area contributed by atoms with E-state index in [0.717, 1.165) is 0 Å². The van der Waals surface area contributed by atoms with Crippen LogP contribution in [0.4, 0.5) is 0 Å². The molecular formula is C14H19NO5. The molecular weight excluding hydrogens is 262 g/mol. The Morgan fingerprint density at radius 2 is 1.80 bits per heavy atom. The Labute approximate surface area is 118 Å². The first kappa shape index (κ1) is 16.5. The lowest BCUT2D eigenvalue weighted by atomic mass is 10.1. The number of benzene rings is 1. The molecule has 0 aliphatic carbocycles. The Bertz CT molecular complexity index is 434. The Morgan fingerprint density at radius 3 is 2.30 bits per heavy atom. The van der Waals surface area contributed by atoms with Gasteiger partial charge in [0.15, 0.2) is 18.2 Å². The van der Waals surface area contributed by atoms with Crippen LogP contribution in [-0.4, -0.2) is 45.0 Å². The molecule has 110 valence electrons. The van der Waals surface area contributed by atoms with Crippen molar-refractivity contribution in [3.63, 3.8) is 0 Å². The van der Waals surface area contributed by atoms with Gasteiger partial charge in [0.05, 0.1) is 0 Å². The first-order chi connectivity index (χ1) is 9.60. The quantitative estimate of drug-likeness (QED) is 0.537. The van der Waals surface area contributed by atoms with Crippen LogP contribution < -0.4 is 5.32 Å². The zero-order chi connectivity index (χ0) is 15.0. The molecule has 6 heteroatoms. The van der Waals surface area contributed by atoms with Crippen molar-refractivity contribution in [2.24, 2.45) is 0 Å². The summed E-state index contributed by atoms with van der Waals surface area (Å²) in [4.78, 5) is 23.7. The van der Waals surface area contributed by atoms with Crippen LogP contribution >= 0.6 is 0 Å². The van der Waals surface area contributed by atoms with Crippen LogP contribution in [0.15, 0.2) is 30.3 Å². The Balaban J connectivity index is 2.83. The van der Waals surface area contributed by atoms with E-state index in [1.165, 1.54) is 21.1 Å². The molecule has 0 aliphatic heterocycles. The summed E-state index contributed by atoms with van der Waals surface area (Å²) in [7, 11) is 2.82. The van der Waals surface area contributed by atoms with Crippen LogP contribution in [0.3, 0.4) is 0 Å². The number of carbonyl (C=O) groups is 2. The van der Waals surface area contributed by atoms with Gasteiger partial charge in [-0.25, -0.2) is 0 Å². The number of carbonyl (C=O) groups excluding carboxylic acids is 2. The first-order valence-electron chi connectivity index (χ1n) is 6.09. The Kier molecular flexibility index (Phi) is 7.03. The Morgan fingerprint density at radius 1 is 1.15 bits per heavy atom. The van der Waals surface area contributed by atoms with E-state index >= 15 is 0 Å². The molecule has 0 heterocycles. The largest absolute Gasteiger partial charge is 0.359 e. The van der Waals surface area contributed by atoms with E-state index in [9.17, 15) is 9.59 Å². The summed E-state index contributed by atoms with van der Waals surface area (Å²) in [6.07, 6.45) is -1.93. The maximum absolute atomic E-state index is 12.3. The van der Waals surface area contributed by atoms with E-state index in [4.69, 9.17) is 14.2 Å². The highest BCUT2D eigenvalue weighted by Gasteiger charge is 2.25.